The molecule has 1 atom stereocenters. The topological polar surface area (TPSA) is 41.6 Å². The van der Waals surface area contributed by atoms with E-state index in [9.17, 15) is 4.79 Å². The molecule has 1 rings (SSSR count). The number of carbonyl (C=O) groups excluding carboxylic acids is 1. The third-order valence-corrected chi connectivity index (χ3v) is 3.55. The van der Waals surface area contributed by atoms with Crippen molar-refractivity contribution in [3.05, 3.63) is 0 Å². The van der Waals surface area contributed by atoms with Crippen molar-refractivity contribution >= 4 is 5.91 Å². The molecule has 0 aromatic heterocycles. The van der Waals surface area contributed by atoms with Crippen molar-refractivity contribution in [1.29, 1.82) is 0 Å². The van der Waals surface area contributed by atoms with Crippen LogP contribution in [0, 0.1) is 0 Å². The lowest BCUT2D eigenvalue weighted by Gasteiger charge is -2.31. The van der Waals surface area contributed by atoms with E-state index in [1.165, 1.54) is 19.3 Å². The van der Waals surface area contributed by atoms with Crippen LogP contribution in [0.4, 0.5) is 0 Å². The Morgan fingerprint density at radius 1 is 1.33 bits per heavy atom. The average molecular weight is 256 g/mol. The molecule has 1 unspecified atom stereocenters. The van der Waals surface area contributed by atoms with E-state index in [4.69, 9.17) is 4.74 Å². The zero-order valence-corrected chi connectivity index (χ0v) is 12.1. The lowest BCUT2D eigenvalue weighted by molar-refractivity contribution is -0.136. The molecular weight excluding hydrogens is 228 g/mol. The van der Waals surface area contributed by atoms with Gasteiger partial charge < -0.3 is 15.0 Å². The van der Waals surface area contributed by atoms with Gasteiger partial charge in [0.25, 0.3) is 0 Å². The molecule has 1 amide bonds. The molecule has 0 spiro atoms. The van der Waals surface area contributed by atoms with Crippen LogP contribution >= 0.6 is 0 Å². The summed E-state index contributed by atoms with van der Waals surface area (Å²) < 4.78 is 5.09. The van der Waals surface area contributed by atoms with E-state index in [0.717, 1.165) is 19.4 Å². The van der Waals surface area contributed by atoms with Crippen molar-refractivity contribution < 1.29 is 9.53 Å². The summed E-state index contributed by atoms with van der Waals surface area (Å²) in [5, 5.41) is 3.40. The van der Waals surface area contributed by atoms with Crippen molar-refractivity contribution in [3.8, 4) is 0 Å². The summed E-state index contributed by atoms with van der Waals surface area (Å²) in [6.45, 7) is 6.39. The smallest absolute Gasteiger partial charge is 0.240 e. The molecule has 1 N–H and O–H groups in total. The molecule has 1 aliphatic heterocycles. The van der Waals surface area contributed by atoms with Gasteiger partial charge in [-0.15, -0.1) is 0 Å². The lowest BCUT2D eigenvalue weighted by Crippen LogP contribution is -2.50. The summed E-state index contributed by atoms with van der Waals surface area (Å²) in [4.78, 5) is 14.5. The molecule has 106 valence electrons. The maximum Gasteiger partial charge on any atom is 0.240 e. The number of nitrogens with one attached hydrogen (secondary N) is 1. The number of hydrogen-bond acceptors (Lipinski definition) is 3. The number of methoxy groups -OCH3 is 1. The monoisotopic (exact) mass is 256 g/mol. The van der Waals surface area contributed by atoms with E-state index >= 15 is 0 Å². The molecular formula is C14H28N2O2. The molecule has 1 saturated heterocycles. The van der Waals surface area contributed by atoms with Crippen molar-refractivity contribution in [2.75, 3.05) is 26.8 Å². The second-order valence-corrected chi connectivity index (χ2v) is 5.33. The Morgan fingerprint density at radius 2 is 2.06 bits per heavy atom. The predicted octanol–water partition coefficient (Wildman–Crippen LogP) is 1.79. The number of rotatable bonds is 5. The van der Waals surface area contributed by atoms with Gasteiger partial charge >= 0.3 is 0 Å². The van der Waals surface area contributed by atoms with E-state index in [1.54, 1.807) is 7.11 Å². The van der Waals surface area contributed by atoms with Crippen molar-refractivity contribution in [2.24, 2.45) is 0 Å². The van der Waals surface area contributed by atoms with Crippen LogP contribution in [0.25, 0.3) is 0 Å². The maximum absolute atomic E-state index is 12.5. The second kappa shape index (κ2) is 8.48. The van der Waals surface area contributed by atoms with E-state index in [1.807, 2.05) is 4.90 Å². The highest BCUT2D eigenvalue weighted by atomic mass is 16.5. The van der Waals surface area contributed by atoms with Gasteiger partial charge in [-0.05, 0) is 33.2 Å². The first-order valence-electron chi connectivity index (χ1n) is 7.19. The minimum absolute atomic E-state index is 0.00422. The zero-order valence-electron chi connectivity index (χ0n) is 12.1. The van der Waals surface area contributed by atoms with Crippen LogP contribution in [-0.4, -0.2) is 49.7 Å². The third kappa shape index (κ3) is 4.94. The van der Waals surface area contributed by atoms with E-state index in [0.29, 0.717) is 13.2 Å². The Kier molecular flexibility index (Phi) is 7.28. The number of hydrogen-bond donors (Lipinski definition) is 1. The van der Waals surface area contributed by atoms with Crippen molar-refractivity contribution in [1.82, 2.24) is 10.2 Å². The Labute approximate surface area is 111 Å². The Bertz CT molecular complexity index is 236. The quantitative estimate of drug-likeness (QED) is 0.815. The molecule has 1 aliphatic rings. The molecule has 0 bridgehead atoms. The number of nitrogens with zero attached hydrogens (tertiary/aromatic N) is 1. The number of amides is 1. The molecule has 1 heterocycles. The van der Waals surface area contributed by atoms with Crippen molar-refractivity contribution in [2.45, 2.75) is 58.0 Å². The summed E-state index contributed by atoms with van der Waals surface area (Å²) in [5.74, 6) is 0.240. The summed E-state index contributed by atoms with van der Waals surface area (Å²) in [6, 6.07) is 0.240. The van der Waals surface area contributed by atoms with Crippen LogP contribution in [0.2, 0.25) is 0 Å². The first kappa shape index (κ1) is 15.4. The molecule has 0 aliphatic carbocycles. The lowest BCUT2D eigenvalue weighted by atomic mass is 10.0. The van der Waals surface area contributed by atoms with Crippen LogP contribution in [0.15, 0.2) is 0 Å². The van der Waals surface area contributed by atoms with Gasteiger partial charge in [-0.1, -0.05) is 19.3 Å². The van der Waals surface area contributed by atoms with Gasteiger partial charge in [0.05, 0.1) is 12.6 Å². The highest BCUT2D eigenvalue weighted by Crippen LogP contribution is 2.12. The highest BCUT2D eigenvalue weighted by molar-refractivity contribution is 5.82. The van der Waals surface area contributed by atoms with E-state index in [-0.39, 0.29) is 18.0 Å². The molecule has 4 heteroatoms. The zero-order chi connectivity index (χ0) is 13.4. The van der Waals surface area contributed by atoms with Crippen LogP contribution in [0.5, 0.6) is 0 Å². The number of ether oxygens (including phenoxy) is 1. The first-order valence-corrected chi connectivity index (χ1v) is 7.19. The summed E-state index contributed by atoms with van der Waals surface area (Å²) >= 11 is 0. The van der Waals surface area contributed by atoms with E-state index < -0.39 is 0 Å². The van der Waals surface area contributed by atoms with Gasteiger partial charge in [0.2, 0.25) is 5.91 Å². The first-order chi connectivity index (χ1) is 8.66. The number of carbonyl (C=O) groups is 1. The molecule has 1 fully saturated rings. The molecule has 0 radical (unpaired) electrons. The molecule has 0 aromatic rings. The largest absolute Gasteiger partial charge is 0.383 e. The third-order valence-electron chi connectivity index (χ3n) is 3.55. The van der Waals surface area contributed by atoms with Gasteiger partial charge in [-0.25, -0.2) is 0 Å². The normalized spacial score (nSPS) is 21.4. The van der Waals surface area contributed by atoms with Gasteiger partial charge in [0.15, 0.2) is 0 Å². The summed E-state index contributed by atoms with van der Waals surface area (Å²) in [7, 11) is 1.68. The predicted molar refractivity (Wildman–Crippen MR) is 73.6 cm³/mol. The Morgan fingerprint density at radius 3 is 2.72 bits per heavy atom. The molecule has 0 saturated carbocycles. The molecule has 0 aromatic carbocycles. The molecule has 4 nitrogen and oxygen atoms in total. The minimum Gasteiger partial charge on any atom is -0.383 e. The van der Waals surface area contributed by atoms with E-state index in [2.05, 4.69) is 19.2 Å². The fourth-order valence-corrected chi connectivity index (χ4v) is 2.43. The van der Waals surface area contributed by atoms with Gasteiger partial charge in [0.1, 0.15) is 0 Å². The average Bonchev–Trinajstić information content (AvgIpc) is 2.28. The van der Waals surface area contributed by atoms with Gasteiger partial charge in [-0.2, -0.15) is 0 Å². The fraction of sp³-hybridized carbons (Fsp3) is 0.929. The second-order valence-electron chi connectivity index (χ2n) is 5.33. The summed E-state index contributed by atoms with van der Waals surface area (Å²) in [5.41, 5.74) is 0. The minimum atomic E-state index is 0.00422. The fourth-order valence-electron chi connectivity index (χ4n) is 2.43. The SMILES string of the molecule is COCCN(C(=O)C1CCCCCCN1)C(C)C. The van der Waals surface area contributed by atoms with Crippen molar-refractivity contribution in [3.63, 3.8) is 0 Å². The van der Waals surface area contributed by atoms with Crippen LogP contribution < -0.4 is 5.32 Å². The maximum atomic E-state index is 12.5. The molecule has 18 heavy (non-hydrogen) atoms. The highest BCUT2D eigenvalue weighted by Gasteiger charge is 2.25. The van der Waals surface area contributed by atoms with Gasteiger partial charge in [0, 0.05) is 19.7 Å². The van der Waals surface area contributed by atoms with Gasteiger partial charge in [-0.3, -0.25) is 4.79 Å². The Hall–Kier alpha value is -0.610. The summed E-state index contributed by atoms with van der Waals surface area (Å²) in [6.07, 6.45) is 5.84. The Balaban J connectivity index is 2.55. The van der Waals surface area contributed by atoms with Crippen LogP contribution in [0.1, 0.15) is 46.0 Å². The van der Waals surface area contributed by atoms with Crippen LogP contribution in [0.3, 0.4) is 0 Å². The van der Waals surface area contributed by atoms with Crippen LogP contribution in [-0.2, 0) is 9.53 Å². The standard InChI is InChI=1S/C14H28N2O2/c1-12(2)16(10-11-18-3)14(17)13-8-6-4-5-7-9-15-13/h12-13,15H,4-11H2,1-3H3.